The van der Waals surface area contributed by atoms with E-state index in [-0.39, 0.29) is 0 Å². The maximum absolute atomic E-state index is 10.5. The van der Waals surface area contributed by atoms with Crippen LogP contribution in [0.5, 0.6) is 0 Å². The van der Waals surface area contributed by atoms with E-state index in [0.717, 1.165) is 0 Å². The van der Waals surface area contributed by atoms with Crippen LogP contribution in [-0.4, -0.2) is 0.594 Å². The zero-order chi connectivity index (χ0) is 7.00. The van der Waals surface area contributed by atoms with Crippen molar-refractivity contribution < 1.29 is 3.07 Å². The predicted octanol–water partition coefficient (Wildman–Crippen LogP) is 3.81. The van der Waals surface area contributed by atoms with Gasteiger partial charge in [-0.1, -0.05) is 0 Å². The van der Waals surface area contributed by atoms with Crippen LogP contribution in [0.4, 0.5) is 0 Å². The summed E-state index contributed by atoms with van der Waals surface area (Å²) < 4.78 is 14.2. The number of rotatable bonds is 1. The van der Waals surface area contributed by atoms with Crippen molar-refractivity contribution in [2.45, 2.75) is 0 Å². The van der Waals surface area contributed by atoms with Gasteiger partial charge in [0.25, 0.3) is 0 Å². The summed E-state index contributed by atoms with van der Waals surface area (Å²) in [5.74, 6) is 0. The fourth-order valence-electron chi connectivity index (χ4n) is 0. The minimum atomic E-state index is -4.14. The number of halogens is 4. The molecule has 0 bridgehead atoms. The second-order valence-electron chi connectivity index (χ2n) is 0.597. The molecule has 0 fully saturated rings. The van der Waals surface area contributed by atoms with Crippen LogP contribution >= 0.6 is 64.2 Å². The van der Waals surface area contributed by atoms with Gasteiger partial charge in [-0.3, -0.25) is 0 Å². The molecule has 0 saturated carbocycles. The van der Waals surface area contributed by atoms with Gasteiger partial charge in [0.1, 0.15) is 0 Å². The second kappa shape index (κ2) is 3.37. The monoisotopic (exact) mass is 315 g/mol. The van der Waals surface area contributed by atoms with E-state index < -0.39 is 20.6 Å². The maximum atomic E-state index is 10.5. The molecule has 0 rings (SSSR count). The third kappa shape index (κ3) is 4.67. The molecule has 0 heterocycles. The Morgan fingerprint density at radius 2 is 1.86 bits per heavy atom. The van der Waals surface area contributed by atoms with Crippen molar-refractivity contribution >= 4 is 64.2 Å². The molecule has 0 aliphatic rings. The Morgan fingerprint density at radius 3 is 1.86 bits per heavy atom. The van der Waals surface area contributed by atoms with Gasteiger partial charge in [0.05, 0.1) is 0 Å². The summed E-state index contributed by atoms with van der Waals surface area (Å²) >= 11 is 11.3. The first-order valence-corrected chi connectivity index (χ1v) is 12.4. The zero-order valence-corrected chi connectivity index (χ0v) is 9.03. The van der Waals surface area contributed by atoms with Gasteiger partial charge in [0.2, 0.25) is 0 Å². The van der Waals surface area contributed by atoms with Crippen LogP contribution in [0.1, 0.15) is 0 Å². The van der Waals surface area contributed by atoms with E-state index in [1.165, 1.54) is 0 Å². The average molecular weight is 316 g/mol. The van der Waals surface area contributed by atoms with E-state index in [2.05, 4.69) is 9.80 Å². The first-order chi connectivity index (χ1) is 3.25. The van der Waals surface area contributed by atoms with E-state index in [9.17, 15) is 3.07 Å². The molecule has 0 radical (unpaired) electrons. The molecular weight excluding hydrogens is 312 g/mol. The standard InChI is InChI=1S/Cl3HIOPS/c1-6(2,3)4(5)7/h4H/p+1/i4T. The fraction of sp³-hybridized carbons (Fsp3) is 0. The molecule has 0 amide bonds. The van der Waals surface area contributed by atoms with E-state index >= 15 is 0 Å². The molecule has 0 aliphatic heterocycles. The van der Waals surface area contributed by atoms with E-state index in [4.69, 9.17) is 34.3 Å². The quantitative estimate of drug-likeness (QED) is 0.442. The van der Waals surface area contributed by atoms with Gasteiger partial charge in [0, 0.05) is 0 Å². The summed E-state index contributed by atoms with van der Waals surface area (Å²) in [6.45, 7) is 0. The molecule has 0 aromatic heterocycles. The molecule has 7 heavy (non-hydrogen) atoms. The summed E-state index contributed by atoms with van der Waals surface area (Å²) in [6, 6.07) is 0. The summed E-state index contributed by atoms with van der Waals surface area (Å²) in [5.41, 5.74) is 0. The van der Waals surface area contributed by atoms with Crippen LogP contribution in [0.25, 0.3) is 0 Å². The average Bonchev–Trinajstić information content (AvgIpc) is 1.25. The molecule has 0 N–H and O–H groups in total. The Kier molecular flexibility index (Phi) is 3.51. The van der Waals surface area contributed by atoms with Crippen molar-refractivity contribution in [2.24, 2.45) is 0 Å². The van der Waals surface area contributed by atoms with Gasteiger partial charge in [-0.15, -0.1) is 0 Å². The zero-order valence-electron chi connectivity index (χ0n) is 3.81. The van der Waals surface area contributed by atoms with Crippen molar-refractivity contribution in [3.8, 4) is 0 Å². The first kappa shape index (κ1) is 7.29. The molecule has 0 aliphatic carbocycles. The Morgan fingerprint density at radius 1 is 1.71 bits per heavy atom. The van der Waals surface area contributed by atoms with Crippen LogP contribution in [0.3, 0.4) is 0 Å². The first-order valence-electron chi connectivity index (χ1n) is 1.38. The predicted molar refractivity (Wildman–Crippen MR) is 49.6 cm³/mol. The molecule has 7 heteroatoms. The van der Waals surface area contributed by atoms with Gasteiger partial charge in [-0.2, -0.15) is 0 Å². The summed E-state index contributed by atoms with van der Waals surface area (Å²) in [4.78, 5) is 0. The van der Waals surface area contributed by atoms with E-state index in [1.54, 1.807) is 0 Å². The van der Waals surface area contributed by atoms with E-state index in [0.29, 0.717) is 0 Å². The van der Waals surface area contributed by atoms with Gasteiger partial charge in [0.15, 0.2) is 0 Å². The van der Waals surface area contributed by atoms with Gasteiger partial charge in [-0.05, 0) is 0 Å². The summed E-state index contributed by atoms with van der Waals surface area (Å²) in [6.07, 6.45) is 0. The molecule has 0 aromatic carbocycles. The van der Waals surface area contributed by atoms with Gasteiger partial charge < -0.3 is 0 Å². The third-order valence-electron chi connectivity index (χ3n) is 0.164. The van der Waals surface area contributed by atoms with Crippen LogP contribution < -0.4 is 0 Å². The number of hydrogen-bond donors (Lipinski definition) is 1. The number of thiol groups is 1. The van der Waals surface area contributed by atoms with Crippen molar-refractivity contribution in [2.75, 3.05) is 0 Å². The second-order valence-corrected chi connectivity index (χ2v) is 24.1. The van der Waals surface area contributed by atoms with Gasteiger partial charge >= 0.3 is 67.8 Å². The molecule has 1 nitrogen and oxygen atoms in total. The van der Waals surface area contributed by atoms with Crippen molar-refractivity contribution in [3.05, 3.63) is 0 Å². The number of hydrogen-bond acceptors (Lipinski definition) is 1. The molecule has 1 unspecified atom stereocenters. The summed E-state index contributed by atoms with van der Waals surface area (Å²) in [5, 5.41) is 0. The molecule has 0 aromatic rings. The topological polar surface area (TPSA) is 17.1 Å². The van der Waals surface area contributed by atoms with Crippen molar-refractivity contribution in [1.29, 1.82) is 0.594 Å². The van der Waals surface area contributed by atoms with Crippen LogP contribution in [0.2, 0.25) is 0 Å². The minimum absolute atomic E-state index is 3.03. The van der Waals surface area contributed by atoms with Crippen LogP contribution in [-0.2, 0) is 3.07 Å². The van der Waals surface area contributed by atoms with Crippen LogP contribution in [0.15, 0.2) is 0 Å². The van der Waals surface area contributed by atoms with Crippen molar-refractivity contribution in [1.82, 2.24) is 0 Å². The van der Waals surface area contributed by atoms with E-state index in [1.807, 2.05) is 0 Å². The fourth-order valence-corrected chi connectivity index (χ4v) is 0. The molecule has 0 saturated heterocycles. The molecular formula is H2Cl3IOPS+. The third-order valence-corrected chi connectivity index (χ3v) is 20.2. The molecule has 46 valence electrons. The normalized spacial score (nSPS) is 27.7. The summed E-state index contributed by atoms with van der Waals surface area (Å²) in [7, 11) is 3.38. The Labute approximate surface area is 67.2 Å². The Hall–Kier alpha value is 2.18. The van der Waals surface area contributed by atoms with Crippen molar-refractivity contribution in [3.63, 3.8) is 0 Å². The SMILES string of the molecule is [3H]I(=O)(S)[P+](Cl)(Cl)Cl. The molecule has 0 spiro atoms. The Balaban J connectivity index is 4.26. The van der Waals surface area contributed by atoms with Gasteiger partial charge in [-0.25, -0.2) is 0 Å². The molecule has 1 atom stereocenters. The Bertz CT molecular complexity index is 126. The van der Waals surface area contributed by atoms with Crippen LogP contribution in [0, 0.1) is 0 Å².